The lowest BCUT2D eigenvalue weighted by molar-refractivity contribution is -0.145. The Hall–Kier alpha value is -2.84. The second kappa shape index (κ2) is 8.45. The van der Waals surface area contributed by atoms with Crippen LogP contribution in [-0.4, -0.2) is 22.6 Å². The summed E-state index contributed by atoms with van der Waals surface area (Å²) in [5.74, 6) is 0.165. The third kappa shape index (κ3) is 5.83. The number of aryl methyl sites for hydroxylation is 1. The van der Waals surface area contributed by atoms with E-state index in [0.717, 1.165) is 29.3 Å². The molecule has 150 valence electrons. The molecule has 0 bridgehead atoms. The Morgan fingerprint density at radius 3 is 2.50 bits per heavy atom. The number of aromatic nitrogens is 2. The maximum atomic E-state index is 12.4. The van der Waals surface area contributed by atoms with Crippen molar-refractivity contribution in [3.8, 4) is 5.75 Å². The number of hydrogen-bond donors (Lipinski definition) is 2. The maximum Gasteiger partial charge on any atom is 0.451 e. The van der Waals surface area contributed by atoms with E-state index in [1.165, 1.54) is 12.8 Å². The van der Waals surface area contributed by atoms with Crippen LogP contribution in [0.2, 0.25) is 0 Å². The van der Waals surface area contributed by atoms with Gasteiger partial charge in [0.1, 0.15) is 5.75 Å². The summed E-state index contributed by atoms with van der Waals surface area (Å²) < 4.78 is 43.2. The van der Waals surface area contributed by atoms with E-state index in [4.69, 9.17) is 4.74 Å². The van der Waals surface area contributed by atoms with Crippen LogP contribution in [0.3, 0.4) is 0 Å². The predicted molar refractivity (Wildman–Crippen MR) is 95.5 cm³/mol. The average Bonchev–Trinajstić information content (AvgIpc) is 3.48. The van der Waals surface area contributed by atoms with Gasteiger partial charge < -0.3 is 15.4 Å². The Kier molecular flexibility index (Phi) is 6.01. The molecule has 0 atom stereocenters. The largest absolute Gasteiger partial charge is 0.493 e. The standard InChI is InChI=1S/C19H21F3N4O2/c1-12-2-5-15(16(6-12)28-11-13-3-4-13)10-26-18(27)25-9-14-7-23-17(24-8-14)19(20,21)22/h2,5-8,13H,3-4,9-11H2,1H3,(H2,25,26,27). The summed E-state index contributed by atoms with van der Waals surface area (Å²) in [4.78, 5) is 18.5. The van der Waals surface area contributed by atoms with Crippen LogP contribution in [0.1, 0.15) is 35.4 Å². The number of nitrogens with one attached hydrogen (secondary N) is 2. The zero-order valence-corrected chi connectivity index (χ0v) is 15.3. The summed E-state index contributed by atoms with van der Waals surface area (Å²) in [5, 5.41) is 5.28. The summed E-state index contributed by atoms with van der Waals surface area (Å²) >= 11 is 0. The van der Waals surface area contributed by atoms with E-state index in [0.29, 0.717) is 18.1 Å². The van der Waals surface area contributed by atoms with E-state index < -0.39 is 18.0 Å². The fourth-order valence-corrected chi connectivity index (χ4v) is 2.45. The number of hydrogen-bond acceptors (Lipinski definition) is 4. The van der Waals surface area contributed by atoms with E-state index in [-0.39, 0.29) is 13.1 Å². The van der Waals surface area contributed by atoms with E-state index in [1.807, 2.05) is 25.1 Å². The van der Waals surface area contributed by atoms with Gasteiger partial charge in [-0.15, -0.1) is 0 Å². The molecule has 0 aliphatic heterocycles. The van der Waals surface area contributed by atoms with Crippen LogP contribution in [0.25, 0.3) is 0 Å². The minimum atomic E-state index is -4.59. The maximum absolute atomic E-state index is 12.4. The molecule has 1 aliphatic rings. The number of amides is 2. The summed E-state index contributed by atoms with van der Waals surface area (Å²) in [6.45, 7) is 2.94. The van der Waals surface area contributed by atoms with Crippen molar-refractivity contribution in [1.29, 1.82) is 0 Å². The molecule has 2 amide bonds. The molecule has 9 heteroatoms. The number of rotatable bonds is 7. The zero-order chi connectivity index (χ0) is 20.1. The van der Waals surface area contributed by atoms with Gasteiger partial charge in [-0.3, -0.25) is 0 Å². The first-order chi connectivity index (χ1) is 13.3. The number of urea groups is 1. The molecule has 2 N–H and O–H groups in total. The molecule has 0 saturated heterocycles. The fourth-order valence-electron chi connectivity index (χ4n) is 2.45. The molecule has 6 nitrogen and oxygen atoms in total. The number of nitrogens with zero attached hydrogens (tertiary/aromatic N) is 2. The topological polar surface area (TPSA) is 76.1 Å². The molecule has 1 aromatic carbocycles. The number of ether oxygens (including phenoxy) is 1. The number of carbonyl (C=O) groups is 1. The van der Waals surface area contributed by atoms with Crippen molar-refractivity contribution in [1.82, 2.24) is 20.6 Å². The highest BCUT2D eigenvalue weighted by atomic mass is 19.4. The first-order valence-electron chi connectivity index (χ1n) is 8.93. The van der Waals surface area contributed by atoms with Crippen molar-refractivity contribution in [2.24, 2.45) is 5.92 Å². The highest BCUT2D eigenvalue weighted by Crippen LogP contribution is 2.30. The van der Waals surface area contributed by atoms with Crippen LogP contribution in [0, 0.1) is 12.8 Å². The monoisotopic (exact) mass is 394 g/mol. The molecule has 0 radical (unpaired) electrons. The third-order valence-corrected chi connectivity index (χ3v) is 4.25. The number of alkyl halides is 3. The Morgan fingerprint density at radius 1 is 1.18 bits per heavy atom. The molecule has 1 fully saturated rings. The van der Waals surface area contributed by atoms with Crippen LogP contribution >= 0.6 is 0 Å². The van der Waals surface area contributed by atoms with Gasteiger partial charge in [-0.2, -0.15) is 13.2 Å². The van der Waals surface area contributed by atoms with Gasteiger partial charge in [-0.1, -0.05) is 12.1 Å². The van der Waals surface area contributed by atoms with Crippen LogP contribution < -0.4 is 15.4 Å². The first-order valence-corrected chi connectivity index (χ1v) is 8.93. The number of halogens is 3. The van der Waals surface area contributed by atoms with Gasteiger partial charge in [0.25, 0.3) is 0 Å². The normalized spacial score (nSPS) is 13.9. The highest BCUT2D eigenvalue weighted by molar-refractivity contribution is 5.73. The molecular weight excluding hydrogens is 373 g/mol. The zero-order valence-electron chi connectivity index (χ0n) is 15.3. The van der Waals surface area contributed by atoms with Crippen molar-refractivity contribution >= 4 is 6.03 Å². The Labute approximate surface area is 160 Å². The molecule has 1 saturated carbocycles. The SMILES string of the molecule is Cc1ccc(CNC(=O)NCc2cnc(C(F)(F)F)nc2)c(OCC2CC2)c1. The minimum absolute atomic E-state index is 0.0168. The summed E-state index contributed by atoms with van der Waals surface area (Å²) in [6.07, 6.45) is -0.124. The average molecular weight is 394 g/mol. The second-order valence-corrected chi connectivity index (χ2v) is 6.81. The van der Waals surface area contributed by atoms with Crippen molar-refractivity contribution in [2.45, 2.75) is 39.0 Å². The summed E-state index contributed by atoms with van der Waals surface area (Å²) in [5.41, 5.74) is 2.30. The lowest BCUT2D eigenvalue weighted by Crippen LogP contribution is -2.34. The van der Waals surface area contributed by atoms with Gasteiger partial charge in [0, 0.05) is 36.6 Å². The lowest BCUT2D eigenvalue weighted by Gasteiger charge is -2.13. The lowest BCUT2D eigenvalue weighted by atomic mass is 10.1. The summed E-state index contributed by atoms with van der Waals surface area (Å²) in [7, 11) is 0. The second-order valence-electron chi connectivity index (χ2n) is 6.81. The molecule has 1 aromatic heterocycles. The van der Waals surface area contributed by atoms with Gasteiger partial charge in [0.15, 0.2) is 0 Å². The molecule has 1 aliphatic carbocycles. The van der Waals surface area contributed by atoms with Gasteiger partial charge in [0.05, 0.1) is 6.61 Å². The molecule has 28 heavy (non-hydrogen) atoms. The Bertz CT molecular complexity index is 821. The van der Waals surface area contributed by atoms with E-state index in [9.17, 15) is 18.0 Å². The highest BCUT2D eigenvalue weighted by Gasteiger charge is 2.34. The van der Waals surface area contributed by atoms with Crippen molar-refractivity contribution in [3.05, 3.63) is 53.1 Å². The minimum Gasteiger partial charge on any atom is -0.493 e. The summed E-state index contributed by atoms with van der Waals surface area (Å²) in [6, 6.07) is 5.34. The first kappa shape index (κ1) is 19.9. The van der Waals surface area contributed by atoms with Gasteiger partial charge in [-0.05, 0) is 37.3 Å². The van der Waals surface area contributed by atoms with Gasteiger partial charge in [-0.25, -0.2) is 14.8 Å². The van der Waals surface area contributed by atoms with Gasteiger partial charge >= 0.3 is 12.2 Å². The molecule has 0 unspecified atom stereocenters. The molecule has 2 aromatic rings. The predicted octanol–water partition coefficient (Wildman–Crippen LogP) is 3.59. The number of carbonyl (C=O) groups excluding carboxylic acids is 1. The Balaban J connectivity index is 1.49. The van der Waals surface area contributed by atoms with Crippen LogP contribution in [-0.2, 0) is 19.3 Å². The smallest absolute Gasteiger partial charge is 0.451 e. The van der Waals surface area contributed by atoms with Crippen molar-refractivity contribution < 1.29 is 22.7 Å². The quantitative estimate of drug-likeness (QED) is 0.753. The van der Waals surface area contributed by atoms with Crippen LogP contribution in [0.5, 0.6) is 5.75 Å². The number of benzene rings is 1. The Morgan fingerprint density at radius 2 is 1.86 bits per heavy atom. The fraction of sp³-hybridized carbons (Fsp3) is 0.421. The molecule has 0 spiro atoms. The third-order valence-electron chi connectivity index (χ3n) is 4.25. The van der Waals surface area contributed by atoms with Crippen LogP contribution in [0.15, 0.2) is 30.6 Å². The van der Waals surface area contributed by atoms with E-state index in [2.05, 4.69) is 20.6 Å². The van der Waals surface area contributed by atoms with Gasteiger partial charge in [0.2, 0.25) is 5.82 Å². The molecular formula is C19H21F3N4O2. The van der Waals surface area contributed by atoms with Crippen molar-refractivity contribution in [3.63, 3.8) is 0 Å². The van der Waals surface area contributed by atoms with Crippen molar-refractivity contribution in [2.75, 3.05) is 6.61 Å². The van der Waals surface area contributed by atoms with Crippen LogP contribution in [0.4, 0.5) is 18.0 Å². The van der Waals surface area contributed by atoms with E-state index in [1.54, 1.807) is 0 Å². The molecule has 1 heterocycles. The van der Waals surface area contributed by atoms with E-state index >= 15 is 0 Å². The molecule has 3 rings (SSSR count).